The monoisotopic (exact) mass is 254 g/mol. The molecule has 0 amide bonds. The van der Waals surface area contributed by atoms with Crippen LogP contribution in [0.1, 0.15) is 24.2 Å². The fourth-order valence-corrected chi connectivity index (χ4v) is 1.81. The molecule has 0 N–H and O–H groups in total. The van der Waals surface area contributed by atoms with Crippen molar-refractivity contribution in [2.24, 2.45) is 0 Å². The Kier molecular flexibility index (Phi) is 3.47. The second-order valence-corrected chi connectivity index (χ2v) is 4.39. The maximum absolute atomic E-state index is 11.7. The minimum atomic E-state index is -0.529. The van der Waals surface area contributed by atoms with Gasteiger partial charge in [0.1, 0.15) is 5.75 Å². The molecule has 0 bridgehead atoms. The molecule has 0 saturated heterocycles. The van der Waals surface area contributed by atoms with E-state index in [0.29, 0.717) is 16.9 Å². The van der Waals surface area contributed by atoms with Crippen molar-refractivity contribution in [3.05, 3.63) is 54.1 Å². The summed E-state index contributed by atoms with van der Waals surface area (Å²) in [5, 5.41) is 1.65. The third kappa shape index (κ3) is 2.55. The van der Waals surface area contributed by atoms with E-state index in [1.165, 1.54) is 6.92 Å². The average Bonchev–Trinajstić information content (AvgIpc) is 2.38. The Bertz CT molecular complexity index is 683. The highest BCUT2D eigenvalue weighted by molar-refractivity contribution is 6.05. The minimum absolute atomic E-state index is 0.143. The van der Waals surface area contributed by atoms with Gasteiger partial charge in [-0.2, -0.15) is 0 Å². The topological polar surface area (TPSA) is 43.4 Å². The Labute approximate surface area is 111 Å². The first-order valence-corrected chi connectivity index (χ1v) is 5.91. The molecule has 0 aliphatic heterocycles. The fourth-order valence-electron chi connectivity index (χ4n) is 1.81. The second-order valence-electron chi connectivity index (χ2n) is 4.39. The highest BCUT2D eigenvalue weighted by Gasteiger charge is 2.16. The zero-order valence-corrected chi connectivity index (χ0v) is 10.9. The third-order valence-electron chi connectivity index (χ3n) is 2.80. The summed E-state index contributed by atoms with van der Waals surface area (Å²) in [5.41, 5.74) is 0.690. The van der Waals surface area contributed by atoms with Gasteiger partial charge in [-0.05, 0) is 25.3 Å². The molecule has 2 aromatic rings. The summed E-state index contributed by atoms with van der Waals surface area (Å²) in [6.45, 7) is 6.56. The van der Waals surface area contributed by atoms with E-state index in [9.17, 15) is 9.59 Å². The van der Waals surface area contributed by atoms with Gasteiger partial charge in [-0.1, -0.05) is 36.9 Å². The molecule has 0 aliphatic carbocycles. The maximum atomic E-state index is 11.7. The summed E-state index contributed by atoms with van der Waals surface area (Å²) < 4.78 is 5.32. The number of carbonyl (C=O) groups excluding carboxylic acids is 2. The van der Waals surface area contributed by atoms with Gasteiger partial charge in [0.05, 0.1) is 5.56 Å². The van der Waals surface area contributed by atoms with Gasteiger partial charge < -0.3 is 4.74 Å². The number of carbonyl (C=O) groups is 2. The van der Waals surface area contributed by atoms with E-state index in [1.807, 2.05) is 30.3 Å². The lowest BCUT2D eigenvalue weighted by Crippen LogP contribution is -2.11. The molecule has 0 fully saturated rings. The second kappa shape index (κ2) is 5.06. The number of Topliss-reactive ketones (excluding diaryl/α,β-unsaturated/α-hetero) is 1. The van der Waals surface area contributed by atoms with Gasteiger partial charge >= 0.3 is 5.97 Å². The Morgan fingerprint density at radius 2 is 1.74 bits per heavy atom. The quantitative estimate of drug-likeness (QED) is 0.364. The summed E-state index contributed by atoms with van der Waals surface area (Å²) in [4.78, 5) is 23.3. The van der Waals surface area contributed by atoms with Crippen molar-refractivity contribution in [3.63, 3.8) is 0 Å². The lowest BCUT2D eigenvalue weighted by atomic mass is 10.0. The van der Waals surface area contributed by atoms with E-state index < -0.39 is 5.97 Å². The number of benzene rings is 2. The summed E-state index contributed by atoms with van der Waals surface area (Å²) in [6, 6.07) is 11.0. The Morgan fingerprint density at radius 1 is 1.05 bits per heavy atom. The van der Waals surface area contributed by atoms with Crippen LogP contribution in [0.4, 0.5) is 0 Å². The molecule has 0 heterocycles. The van der Waals surface area contributed by atoms with Crippen LogP contribution in [-0.2, 0) is 4.79 Å². The van der Waals surface area contributed by atoms with Crippen LogP contribution < -0.4 is 4.74 Å². The number of esters is 1. The van der Waals surface area contributed by atoms with Crippen molar-refractivity contribution in [1.29, 1.82) is 0 Å². The van der Waals surface area contributed by atoms with Crippen LogP contribution in [0.2, 0.25) is 0 Å². The Morgan fingerprint density at radius 3 is 2.37 bits per heavy atom. The summed E-state index contributed by atoms with van der Waals surface area (Å²) in [5.74, 6) is -0.368. The first-order chi connectivity index (χ1) is 9.00. The maximum Gasteiger partial charge on any atom is 0.338 e. The van der Waals surface area contributed by atoms with E-state index in [0.717, 1.165) is 10.8 Å². The predicted octanol–water partition coefficient (Wildman–Crippen LogP) is 3.52. The first kappa shape index (κ1) is 13.0. The first-order valence-electron chi connectivity index (χ1n) is 5.91. The van der Waals surface area contributed by atoms with Crippen LogP contribution in [0.3, 0.4) is 0 Å². The minimum Gasteiger partial charge on any atom is -0.422 e. The molecular formula is C16H14O3. The van der Waals surface area contributed by atoms with Crippen LogP contribution in [-0.4, -0.2) is 11.8 Å². The zero-order chi connectivity index (χ0) is 14.0. The summed E-state index contributed by atoms with van der Waals surface area (Å²) in [7, 11) is 0. The van der Waals surface area contributed by atoms with E-state index in [2.05, 4.69) is 6.58 Å². The largest absolute Gasteiger partial charge is 0.422 e. The van der Waals surface area contributed by atoms with Gasteiger partial charge in [0.2, 0.25) is 0 Å². The molecule has 0 saturated carbocycles. The highest BCUT2D eigenvalue weighted by Crippen LogP contribution is 2.30. The number of hydrogen-bond acceptors (Lipinski definition) is 3. The Balaban J connectivity index is 2.65. The van der Waals surface area contributed by atoms with Crippen molar-refractivity contribution in [3.8, 4) is 5.75 Å². The van der Waals surface area contributed by atoms with Gasteiger partial charge in [0.25, 0.3) is 0 Å². The average molecular weight is 254 g/mol. The predicted molar refractivity (Wildman–Crippen MR) is 74.4 cm³/mol. The SMILES string of the molecule is C=C(C)C(=O)Oc1c(C(C)=O)ccc2ccccc12. The van der Waals surface area contributed by atoms with Gasteiger partial charge in [-0.25, -0.2) is 4.79 Å². The lowest BCUT2D eigenvalue weighted by molar-refractivity contribution is -0.129. The molecule has 2 aromatic carbocycles. The van der Waals surface area contributed by atoms with Crippen molar-refractivity contribution in [1.82, 2.24) is 0 Å². The van der Waals surface area contributed by atoms with E-state index in [1.54, 1.807) is 13.0 Å². The molecule has 19 heavy (non-hydrogen) atoms. The van der Waals surface area contributed by atoms with Gasteiger partial charge in [0.15, 0.2) is 5.78 Å². The number of rotatable bonds is 3. The smallest absolute Gasteiger partial charge is 0.338 e. The van der Waals surface area contributed by atoms with Crippen LogP contribution in [0.15, 0.2) is 48.6 Å². The number of ether oxygens (including phenoxy) is 1. The standard InChI is InChI=1S/C16H14O3/c1-10(2)16(18)19-15-13(11(3)17)9-8-12-6-4-5-7-14(12)15/h4-9H,1H2,2-3H3. The molecular weight excluding hydrogens is 240 g/mol. The fraction of sp³-hybridized carbons (Fsp3) is 0.125. The van der Waals surface area contributed by atoms with E-state index in [4.69, 9.17) is 4.74 Å². The molecule has 0 aromatic heterocycles. The number of ketones is 1. The number of fused-ring (bicyclic) bond motifs is 1. The highest BCUT2D eigenvalue weighted by atomic mass is 16.5. The lowest BCUT2D eigenvalue weighted by Gasteiger charge is -2.11. The molecule has 96 valence electrons. The van der Waals surface area contributed by atoms with Gasteiger partial charge in [0, 0.05) is 11.0 Å². The van der Waals surface area contributed by atoms with Crippen molar-refractivity contribution < 1.29 is 14.3 Å². The van der Waals surface area contributed by atoms with Gasteiger partial charge in [-0.3, -0.25) is 4.79 Å². The van der Waals surface area contributed by atoms with Gasteiger partial charge in [-0.15, -0.1) is 0 Å². The molecule has 0 aliphatic rings. The van der Waals surface area contributed by atoms with E-state index in [-0.39, 0.29) is 5.78 Å². The molecule has 0 unspecified atom stereocenters. The molecule has 0 atom stereocenters. The Hall–Kier alpha value is -2.42. The van der Waals surface area contributed by atoms with E-state index >= 15 is 0 Å². The van der Waals surface area contributed by atoms with Crippen LogP contribution in [0.25, 0.3) is 10.8 Å². The summed E-state index contributed by atoms with van der Waals surface area (Å²) in [6.07, 6.45) is 0. The van der Waals surface area contributed by atoms with Crippen LogP contribution in [0.5, 0.6) is 5.75 Å². The van der Waals surface area contributed by atoms with Crippen molar-refractivity contribution in [2.45, 2.75) is 13.8 Å². The molecule has 3 nitrogen and oxygen atoms in total. The molecule has 3 heteroatoms. The molecule has 0 radical (unpaired) electrons. The van der Waals surface area contributed by atoms with Crippen LogP contribution in [0, 0.1) is 0 Å². The zero-order valence-electron chi connectivity index (χ0n) is 10.9. The molecule has 0 spiro atoms. The molecule has 2 rings (SSSR count). The third-order valence-corrected chi connectivity index (χ3v) is 2.80. The van der Waals surface area contributed by atoms with Crippen LogP contribution >= 0.6 is 0 Å². The van der Waals surface area contributed by atoms with Crippen molar-refractivity contribution >= 4 is 22.5 Å². The van der Waals surface area contributed by atoms with Crippen molar-refractivity contribution in [2.75, 3.05) is 0 Å². The normalized spacial score (nSPS) is 10.2. The number of hydrogen-bond donors (Lipinski definition) is 0. The summed E-state index contributed by atoms with van der Waals surface area (Å²) >= 11 is 0.